The van der Waals surface area contributed by atoms with Crippen LogP contribution in [0.25, 0.3) is 10.9 Å². The van der Waals surface area contributed by atoms with Crippen molar-refractivity contribution in [3.05, 3.63) is 29.5 Å². The van der Waals surface area contributed by atoms with Crippen molar-refractivity contribution in [2.24, 2.45) is 7.05 Å². The number of ether oxygens (including phenoxy) is 1. The van der Waals surface area contributed by atoms with Crippen molar-refractivity contribution in [2.75, 3.05) is 7.11 Å². The predicted octanol–water partition coefficient (Wildman–Crippen LogP) is 1.70. The molecule has 0 aliphatic heterocycles. The van der Waals surface area contributed by atoms with Crippen LogP contribution in [0.2, 0.25) is 0 Å². The Kier molecular flexibility index (Phi) is 2.59. The molecule has 0 saturated carbocycles. The maximum atomic E-state index is 11.1. The zero-order valence-electron chi connectivity index (χ0n) is 9.43. The summed E-state index contributed by atoms with van der Waals surface area (Å²) in [6.45, 7) is 0. The van der Waals surface area contributed by atoms with Gasteiger partial charge in [0.15, 0.2) is 6.29 Å². The lowest BCUT2D eigenvalue weighted by molar-refractivity contribution is 0.0684. The average molecular weight is 233 g/mol. The molecular formula is C12H11NO4. The molecule has 5 heteroatoms. The second kappa shape index (κ2) is 3.93. The Morgan fingerprint density at radius 2 is 2.18 bits per heavy atom. The number of benzene rings is 1. The van der Waals surface area contributed by atoms with Crippen LogP contribution in [0.1, 0.15) is 20.8 Å². The van der Waals surface area contributed by atoms with Crippen molar-refractivity contribution >= 4 is 23.2 Å². The molecule has 0 unspecified atom stereocenters. The fourth-order valence-corrected chi connectivity index (χ4v) is 1.96. The van der Waals surface area contributed by atoms with Gasteiger partial charge in [0.05, 0.1) is 12.7 Å². The number of hydrogen-bond acceptors (Lipinski definition) is 3. The van der Waals surface area contributed by atoms with E-state index in [2.05, 4.69) is 0 Å². The van der Waals surface area contributed by atoms with Crippen molar-refractivity contribution in [3.8, 4) is 5.75 Å². The standard InChI is InChI=1S/C12H11NO4/c1-13-10-4-3-7(17-2)5-8(10)9(6-14)11(13)12(15)16/h3-6H,1-2H3,(H,15,16). The van der Waals surface area contributed by atoms with E-state index >= 15 is 0 Å². The molecular weight excluding hydrogens is 222 g/mol. The molecule has 0 amide bonds. The molecule has 2 rings (SSSR count). The molecule has 2 aromatic rings. The molecule has 1 aromatic heterocycles. The third-order valence-electron chi connectivity index (χ3n) is 2.77. The smallest absolute Gasteiger partial charge is 0.353 e. The first-order chi connectivity index (χ1) is 8.10. The minimum atomic E-state index is -1.12. The average Bonchev–Trinajstić information content (AvgIpc) is 2.61. The van der Waals surface area contributed by atoms with Gasteiger partial charge in [-0.25, -0.2) is 4.79 Å². The number of fused-ring (bicyclic) bond motifs is 1. The molecule has 0 bridgehead atoms. The van der Waals surface area contributed by atoms with Crippen LogP contribution in [0.4, 0.5) is 0 Å². The largest absolute Gasteiger partial charge is 0.497 e. The Hall–Kier alpha value is -2.30. The first-order valence-electron chi connectivity index (χ1n) is 4.95. The van der Waals surface area contributed by atoms with E-state index in [4.69, 9.17) is 9.84 Å². The van der Waals surface area contributed by atoms with E-state index in [-0.39, 0.29) is 11.3 Å². The third kappa shape index (κ3) is 1.56. The molecule has 1 aromatic carbocycles. The zero-order chi connectivity index (χ0) is 12.6. The number of hydrogen-bond donors (Lipinski definition) is 1. The van der Waals surface area contributed by atoms with Gasteiger partial charge in [-0.1, -0.05) is 0 Å². The molecule has 0 aliphatic rings. The number of nitrogens with zero attached hydrogens (tertiary/aromatic N) is 1. The number of carboxylic acids is 1. The summed E-state index contributed by atoms with van der Waals surface area (Å²) < 4.78 is 6.55. The predicted molar refractivity (Wildman–Crippen MR) is 61.8 cm³/mol. The van der Waals surface area contributed by atoms with Crippen LogP contribution in [-0.2, 0) is 7.05 Å². The highest BCUT2D eigenvalue weighted by molar-refractivity contribution is 6.08. The summed E-state index contributed by atoms with van der Waals surface area (Å²) in [5.41, 5.74) is 0.849. The minimum Gasteiger partial charge on any atom is -0.497 e. The van der Waals surface area contributed by atoms with E-state index in [1.54, 1.807) is 25.2 Å². The molecule has 5 nitrogen and oxygen atoms in total. The monoisotopic (exact) mass is 233 g/mol. The van der Waals surface area contributed by atoms with Gasteiger partial charge < -0.3 is 14.4 Å². The van der Waals surface area contributed by atoms with Gasteiger partial charge in [0.1, 0.15) is 11.4 Å². The maximum Gasteiger partial charge on any atom is 0.353 e. The lowest BCUT2D eigenvalue weighted by atomic mass is 10.1. The van der Waals surface area contributed by atoms with Crippen LogP contribution < -0.4 is 4.74 Å². The van der Waals surface area contributed by atoms with Crippen LogP contribution >= 0.6 is 0 Å². The molecule has 0 saturated heterocycles. The fourth-order valence-electron chi connectivity index (χ4n) is 1.96. The number of carbonyl (C=O) groups is 2. The molecule has 1 heterocycles. The van der Waals surface area contributed by atoms with Gasteiger partial charge >= 0.3 is 5.97 Å². The zero-order valence-corrected chi connectivity index (χ0v) is 9.43. The molecule has 88 valence electrons. The molecule has 0 fully saturated rings. The quantitative estimate of drug-likeness (QED) is 0.819. The highest BCUT2D eigenvalue weighted by Gasteiger charge is 2.20. The van der Waals surface area contributed by atoms with E-state index < -0.39 is 5.97 Å². The van der Waals surface area contributed by atoms with Crippen LogP contribution in [0.15, 0.2) is 18.2 Å². The number of carbonyl (C=O) groups excluding carboxylic acids is 1. The summed E-state index contributed by atoms with van der Waals surface area (Å²) in [5.74, 6) is -0.534. The summed E-state index contributed by atoms with van der Waals surface area (Å²) in [5, 5.41) is 9.68. The Bertz CT molecular complexity index is 612. The Balaban J connectivity index is 2.89. The van der Waals surface area contributed by atoms with Crippen molar-refractivity contribution in [1.29, 1.82) is 0 Å². The van der Waals surface area contributed by atoms with E-state index in [1.165, 1.54) is 11.7 Å². The van der Waals surface area contributed by atoms with Gasteiger partial charge in [-0.15, -0.1) is 0 Å². The van der Waals surface area contributed by atoms with Crippen LogP contribution in [0.3, 0.4) is 0 Å². The number of aromatic carboxylic acids is 1. The summed E-state index contributed by atoms with van der Waals surface area (Å²) in [6.07, 6.45) is 0.561. The van der Waals surface area contributed by atoms with Crippen molar-refractivity contribution in [1.82, 2.24) is 4.57 Å². The van der Waals surface area contributed by atoms with E-state index in [9.17, 15) is 9.59 Å². The van der Waals surface area contributed by atoms with Crippen molar-refractivity contribution in [2.45, 2.75) is 0 Å². The molecule has 0 aliphatic carbocycles. The highest BCUT2D eigenvalue weighted by atomic mass is 16.5. The SMILES string of the molecule is COc1ccc2c(c1)c(C=O)c(C(=O)O)n2C. The second-order valence-electron chi connectivity index (χ2n) is 3.63. The molecule has 0 atom stereocenters. The van der Waals surface area contributed by atoms with Gasteiger partial charge in [0, 0.05) is 18.0 Å². The first-order valence-corrected chi connectivity index (χ1v) is 4.95. The lowest BCUT2D eigenvalue weighted by Crippen LogP contribution is -2.06. The van der Waals surface area contributed by atoms with Gasteiger partial charge in [-0.05, 0) is 18.2 Å². The Labute approximate surface area is 97.2 Å². The van der Waals surface area contributed by atoms with E-state index in [1.807, 2.05) is 0 Å². The first kappa shape index (κ1) is 11.2. The number of aldehydes is 1. The molecule has 17 heavy (non-hydrogen) atoms. The summed E-state index contributed by atoms with van der Waals surface area (Å²) in [4.78, 5) is 22.2. The Morgan fingerprint density at radius 1 is 1.47 bits per heavy atom. The summed E-state index contributed by atoms with van der Waals surface area (Å²) in [7, 11) is 3.13. The summed E-state index contributed by atoms with van der Waals surface area (Å²) >= 11 is 0. The van der Waals surface area contributed by atoms with Crippen molar-refractivity contribution < 1.29 is 19.4 Å². The minimum absolute atomic E-state index is 0.0109. The normalized spacial score (nSPS) is 10.5. The topological polar surface area (TPSA) is 68.5 Å². The van der Waals surface area contributed by atoms with Crippen molar-refractivity contribution in [3.63, 3.8) is 0 Å². The molecule has 0 spiro atoms. The third-order valence-corrected chi connectivity index (χ3v) is 2.77. The van der Waals surface area contributed by atoms with E-state index in [0.717, 1.165) is 0 Å². The lowest BCUT2D eigenvalue weighted by Gasteiger charge is -2.00. The van der Waals surface area contributed by atoms with Gasteiger partial charge in [-0.2, -0.15) is 0 Å². The molecule has 1 N–H and O–H groups in total. The van der Waals surface area contributed by atoms with Crippen LogP contribution in [0, 0.1) is 0 Å². The van der Waals surface area contributed by atoms with Crippen LogP contribution in [-0.4, -0.2) is 29.0 Å². The number of aryl methyl sites for hydroxylation is 1. The fraction of sp³-hybridized carbons (Fsp3) is 0.167. The van der Waals surface area contributed by atoms with Gasteiger partial charge in [-0.3, -0.25) is 4.79 Å². The molecule has 0 radical (unpaired) electrons. The van der Waals surface area contributed by atoms with Crippen LogP contribution in [0.5, 0.6) is 5.75 Å². The number of aromatic nitrogens is 1. The maximum absolute atomic E-state index is 11.1. The number of carboxylic acid groups (broad SMARTS) is 1. The number of rotatable bonds is 3. The van der Waals surface area contributed by atoms with E-state index in [0.29, 0.717) is 22.9 Å². The van der Waals surface area contributed by atoms with Gasteiger partial charge in [0.2, 0.25) is 0 Å². The summed E-state index contributed by atoms with van der Waals surface area (Å²) in [6, 6.07) is 5.11. The highest BCUT2D eigenvalue weighted by Crippen LogP contribution is 2.27. The Morgan fingerprint density at radius 3 is 2.71 bits per heavy atom. The van der Waals surface area contributed by atoms with Gasteiger partial charge in [0.25, 0.3) is 0 Å². The number of methoxy groups -OCH3 is 1. The second-order valence-corrected chi connectivity index (χ2v) is 3.63.